The molecule has 1 saturated heterocycles. The van der Waals surface area contributed by atoms with Gasteiger partial charge in [0.2, 0.25) is 11.8 Å². The molecular weight excluding hydrogens is 264 g/mol. The predicted molar refractivity (Wildman–Crippen MR) is 80.5 cm³/mol. The Morgan fingerprint density at radius 3 is 2.43 bits per heavy atom. The average Bonchev–Trinajstić information content (AvgIpc) is 2.93. The Morgan fingerprint density at radius 2 is 1.81 bits per heavy atom. The number of carbonyl (C=O) groups excluding carboxylic acids is 2. The van der Waals surface area contributed by atoms with E-state index in [1.165, 1.54) is 5.56 Å². The van der Waals surface area contributed by atoms with Crippen molar-refractivity contribution in [2.45, 2.75) is 57.7 Å². The quantitative estimate of drug-likeness (QED) is 0.905. The summed E-state index contributed by atoms with van der Waals surface area (Å²) in [6.07, 6.45) is 3.57. The van der Waals surface area contributed by atoms with Gasteiger partial charge in [0, 0.05) is 6.54 Å². The Bertz CT molecular complexity index is 559. The molecule has 1 aromatic rings. The summed E-state index contributed by atoms with van der Waals surface area (Å²) < 4.78 is 0. The minimum atomic E-state index is -0.631. The summed E-state index contributed by atoms with van der Waals surface area (Å²) in [5.41, 5.74) is 1.64. The van der Waals surface area contributed by atoms with Gasteiger partial charge in [-0.15, -0.1) is 0 Å². The van der Waals surface area contributed by atoms with Gasteiger partial charge in [-0.05, 0) is 32.3 Å². The summed E-state index contributed by atoms with van der Waals surface area (Å²) in [6.45, 7) is 4.36. The van der Waals surface area contributed by atoms with E-state index in [2.05, 4.69) is 5.32 Å². The average molecular weight is 286 g/mol. The van der Waals surface area contributed by atoms with Crippen LogP contribution in [0.5, 0.6) is 0 Å². The van der Waals surface area contributed by atoms with Crippen molar-refractivity contribution in [1.29, 1.82) is 0 Å². The number of carbonyl (C=O) groups is 2. The maximum atomic E-state index is 12.9. The van der Waals surface area contributed by atoms with E-state index in [1.807, 2.05) is 38.1 Å². The fraction of sp³-hybridized carbons (Fsp3) is 0.529. The van der Waals surface area contributed by atoms with E-state index in [0.29, 0.717) is 6.54 Å². The number of piperazine rings is 1. The summed E-state index contributed by atoms with van der Waals surface area (Å²) in [6, 6.07) is 7.75. The van der Waals surface area contributed by atoms with Crippen molar-refractivity contribution < 1.29 is 9.59 Å². The van der Waals surface area contributed by atoms with Crippen LogP contribution in [0.4, 0.5) is 0 Å². The second kappa shape index (κ2) is 5.17. The van der Waals surface area contributed by atoms with Crippen molar-refractivity contribution in [3.63, 3.8) is 0 Å². The molecule has 21 heavy (non-hydrogen) atoms. The van der Waals surface area contributed by atoms with Crippen molar-refractivity contribution in [2.24, 2.45) is 0 Å². The highest BCUT2D eigenvalue weighted by Crippen LogP contribution is 2.35. The van der Waals surface area contributed by atoms with Gasteiger partial charge in [-0.3, -0.25) is 9.59 Å². The van der Waals surface area contributed by atoms with Crippen LogP contribution in [0.15, 0.2) is 24.3 Å². The zero-order valence-electron chi connectivity index (χ0n) is 12.7. The molecule has 112 valence electrons. The minimum absolute atomic E-state index is 0.0244. The molecule has 1 unspecified atom stereocenters. The van der Waals surface area contributed by atoms with Crippen LogP contribution in [-0.2, 0) is 16.1 Å². The van der Waals surface area contributed by atoms with Gasteiger partial charge in [-0.1, -0.05) is 42.7 Å². The van der Waals surface area contributed by atoms with Gasteiger partial charge in [0.1, 0.15) is 11.6 Å². The summed E-state index contributed by atoms with van der Waals surface area (Å²) in [4.78, 5) is 26.9. The first-order chi connectivity index (χ1) is 10.0. The molecule has 0 aromatic heterocycles. The highest BCUT2D eigenvalue weighted by atomic mass is 16.2. The third-order valence-corrected chi connectivity index (χ3v) is 4.81. The maximum Gasteiger partial charge on any atom is 0.249 e. The first kappa shape index (κ1) is 14.1. The Morgan fingerprint density at radius 1 is 1.19 bits per heavy atom. The first-order valence-electron chi connectivity index (χ1n) is 7.70. The zero-order chi connectivity index (χ0) is 15.0. The molecule has 0 radical (unpaired) electrons. The third kappa shape index (κ3) is 2.43. The van der Waals surface area contributed by atoms with Crippen LogP contribution in [0.25, 0.3) is 0 Å². The van der Waals surface area contributed by atoms with Crippen LogP contribution in [0.2, 0.25) is 0 Å². The van der Waals surface area contributed by atoms with Gasteiger partial charge < -0.3 is 10.2 Å². The number of aryl methyl sites for hydroxylation is 1. The van der Waals surface area contributed by atoms with Gasteiger partial charge in [-0.25, -0.2) is 0 Å². The summed E-state index contributed by atoms with van der Waals surface area (Å²) in [5, 5.41) is 2.99. The molecule has 1 aliphatic heterocycles. The van der Waals surface area contributed by atoms with Crippen molar-refractivity contribution in [2.75, 3.05) is 0 Å². The summed E-state index contributed by atoms with van der Waals surface area (Å²) in [7, 11) is 0. The molecule has 1 N–H and O–H groups in total. The standard InChI is InChI=1S/C17H22N2O2/c1-12-5-7-14(8-6-12)11-19-13(2)15(20)18-17(16(19)21)9-3-4-10-17/h5-8,13H,3-4,9-11H2,1-2H3,(H,18,20). The van der Waals surface area contributed by atoms with E-state index in [9.17, 15) is 9.59 Å². The van der Waals surface area contributed by atoms with E-state index < -0.39 is 11.6 Å². The summed E-state index contributed by atoms with van der Waals surface area (Å²) in [5.74, 6) is 0.0660. The number of hydrogen-bond donors (Lipinski definition) is 1. The number of nitrogens with one attached hydrogen (secondary N) is 1. The molecule has 1 atom stereocenters. The molecule has 2 fully saturated rings. The Balaban J connectivity index is 1.86. The molecule has 1 aliphatic carbocycles. The molecular formula is C17H22N2O2. The first-order valence-corrected chi connectivity index (χ1v) is 7.70. The molecule has 4 nitrogen and oxygen atoms in total. The van der Waals surface area contributed by atoms with Crippen LogP contribution in [-0.4, -0.2) is 28.3 Å². The number of hydrogen-bond acceptors (Lipinski definition) is 2. The molecule has 0 bridgehead atoms. The summed E-state index contributed by atoms with van der Waals surface area (Å²) >= 11 is 0. The van der Waals surface area contributed by atoms with E-state index >= 15 is 0 Å². The van der Waals surface area contributed by atoms with Crippen molar-refractivity contribution in [3.05, 3.63) is 35.4 Å². The minimum Gasteiger partial charge on any atom is -0.340 e. The highest BCUT2D eigenvalue weighted by molar-refractivity contribution is 5.99. The lowest BCUT2D eigenvalue weighted by Gasteiger charge is -2.43. The van der Waals surface area contributed by atoms with Gasteiger partial charge in [-0.2, -0.15) is 0 Å². The van der Waals surface area contributed by atoms with E-state index in [4.69, 9.17) is 0 Å². The van der Waals surface area contributed by atoms with E-state index in [1.54, 1.807) is 4.90 Å². The van der Waals surface area contributed by atoms with Crippen LogP contribution in [0, 0.1) is 6.92 Å². The van der Waals surface area contributed by atoms with Crippen molar-refractivity contribution in [3.8, 4) is 0 Å². The monoisotopic (exact) mass is 286 g/mol. The molecule has 1 heterocycles. The fourth-order valence-electron chi connectivity index (χ4n) is 3.40. The maximum absolute atomic E-state index is 12.9. The normalized spacial score (nSPS) is 24.5. The molecule has 1 saturated carbocycles. The lowest BCUT2D eigenvalue weighted by Crippen LogP contribution is -2.68. The lowest BCUT2D eigenvalue weighted by atomic mass is 9.90. The number of nitrogens with zero attached hydrogens (tertiary/aromatic N) is 1. The molecule has 1 spiro atoms. The highest BCUT2D eigenvalue weighted by Gasteiger charge is 2.50. The Labute approximate surface area is 125 Å². The van der Waals surface area contributed by atoms with Crippen LogP contribution < -0.4 is 5.32 Å². The zero-order valence-corrected chi connectivity index (χ0v) is 12.7. The largest absolute Gasteiger partial charge is 0.340 e. The number of amides is 2. The van der Waals surface area contributed by atoms with Crippen molar-refractivity contribution >= 4 is 11.8 Å². The van der Waals surface area contributed by atoms with Crippen LogP contribution >= 0.6 is 0 Å². The van der Waals surface area contributed by atoms with Crippen LogP contribution in [0.1, 0.15) is 43.7 Å². The molecule has 2 aliphatic rings. The smallest absolute Gasteiger partial charge is 0.249 e. The van der Waals surface area contributed by atoms with Gasteiger partial charge in [0.15, 0.2) is 0 Å². The molecule has 2 amide bonds. The Kier molecular flexibility index (Phi) is 3.47. The predicted octanol–water partition coefficient (Wildman–Crippen LogP) is 2.15. The SMILES string of the molecule is Cc1ccc(CN2C(=O)C3(CCCC3)NC(=O)C2C)cc1. The van der Waals surface area contributed by atoms with E-state index in [0.717, 1.165) is 31.2 Å². The molecule has 1 aromatic carbocycles. The van der Waals surface area contributed by atoms with Gasteiger partial charge in [0.05, 0.1) is 0 Å². The topological polar surface area (TPSA) is 49.4 Å². The molecule has 3 rings (SSSR count). The second-order valence-electron chi connectivity index (χ2n) is 6.37. The molecule has 4 heteroatoms. The van der Waals surface area contributed by atoms with Gasteiger partial charge in [0.25, 0.3) is 0 Å². The second-order valence-corrected chi connectivity index (χ2v) is 6.37. The van der Waals surface area contributed by atoms with Gasteiger partial charge >= 0.3 is 0 Å². The fourth-order valence-corrected chi connectivity index (χ4v) is 3.40. The third-order valence-electron chi connectivity index (χ3n) is 4.81. The lowest BCUT2D eigenvalue weighted by molar-refractivity contribution is -0.154. The van der Waals surface area contributed by atoms with Crippen LogP contribution in [0.3, 0.4) is 0 Å². The van der Waals surface area contributed by atoms with E-state index in [-0.39, 0.29) is 11.8 Å². The number of benzene rings is 1. The number of rotatable bonds is 2. The Hall–Kier alpha value is -1.84. The van der Waals surface area contributed by atoms with Crippen molar-refractivity contribution in [1.82, 2.24) is 10.2 Å².